The highest BCUT2D eigenvalue weighted by Crippen LogP contribution is 2.32. The van der Waals surface area contributed by atoms with Gasteiger partial charge in [-0.1, -0.05) is 85.8 Å². The Hall–Kier alpha value is -3.12. The van der Waals surface area contributed by atoms with Crippen LogP contribution in [0, 0.1) is 11.3 Å². The first-order chi connectivity index (χ1) is 23.2. The molecule has 4 atom stereocenters. The van der Waals surface area contributed by atoms with Crippen molar-refractivity contribution in [2.45, 2.75) is 136 Å². The third-order valence-corrected chi connectivity index (χ3v) is 9.09. The standard InChI is InChI=1S/C34H52N4O6.C2H6S.CH5N/c1-6-11-23(2)20-26(28(41)22-39)35-30(42)27-12-10-19-38(27)31(43)29(33(3,4)5)36-32(44)37-34(17-8-7-9-18-34)21-24-13-15-25(40)16-14-24;1-2-3;1-2/h13-16,22-23,26-27,29,40H,6-12,17-21H2,1-5H3,(H,35,42)(H2,36,37,44);3H,2H2,1H3;2H2,1H3. The zero-order valence-corrected chi connectivity index (χ0v) is 31.7. The number of Topliss-reactive ketones (excluding diaryl/α,β-unsaturated/α-hetero) is 1. The number of amides is 4. The Kier molecular flexibility index (Phi) is 19.6. The van der Waals surface area contributed by atoms with Crippen LogP contribution in [0.2, 0.25) is 0 Å². The predicted molar refractivity (Wildman–Crippen MR) is 199 cm³/mol. The minimum Gasteiger partial charge on any atom is -0.508 e. The second kappa shape index (κ2) is 21.9. The lowest BCUT2D eigenvalue weighted by Gasteiger charge is -2.40. The van der Waals surface area contributed by atoms with Crippen molar-refractivity contribution in [3.8, 4) is 5.75 Å². The van der Waals surface area contributed by atoms with Crippen LogP contribution in [-0.4, -0.2) is 82.9 Å². The zero-order valence-electron chi connectivity index (χ0n) is 30.8. The molecule has 1 saturated carbocycles. The van der Waals surface area contributed by atoms with E-state index in [1.54, 1.807) is 12.1 Å². The van der Waals surface area contributed by atoms with Crippen molar-refractivity contribution >= 4 is 42.5 Å². The summed E-state index contributed by atoms with van der Waals surface area (Å²) in [5, 5.41) is 18.6. The number of nitrogens with one attached hydrogen (secondary N) is 3. The Morgan fingerprint density at radius 3 is 2.16 bits per heavy atom. The highest BCUT2D eigenvalue weighted by atomic mass is 32.1. The minimum atomic E-state index is -0.929. The Balaban J connectivity index is 0.00000227. The number of benzene rings is 1. The van der Waals surface area contributed by atoms with Crippen LogP contribution in [0.15, 0.2) is 24.3 Å². The van der Waals surface area contributed by atoms with Crippen LogP contribution in [0.3, 0.4) is 0 Å². The van der Waals surface area contributed by atoms with Crippen LogP contribution >= 0.6 is 12.6 Å². The van der Waals surface area contributed by atoms with Gasteiger partial charge in [-0.2, -0.15) is 12.6 Å². The number of aldehydes is 1. The van der Waals surface area contributed by atoms with Gasteiger partial charge in [0, 0.05) is 12.1 Å². The van der Waals surface area contributed by atoms with Gasteiger partial charge in [0.1, 0.15) is 17.8 Å². The van der Waals surface area contributed by atoms with Gasteiger partial charge in [0.05, 0.1) is 6.04 Å². The fourth-order valence-corrected chi connectivity index (χ4v) is 6.71. The summed E-state index contributed by atoms with van der Waals surface area (Å²) in [4.78, 5) is 66.3. The van der Waals surface area contributed by atoms with E-state index in [1.165, 1.54) is 11.9 Å². The van der Waals surface area contributed by atoms with E-state index >= 15 is 0 Å². The molecule has 11 nitrogen and oxygen atoms in total. The molecule has 1 heterocycles. The van der Waals surface area contributed by atoms with Gasteiger partial charge < -0.3 is 31.7 Å². The van der Waals surface area contributed by atoms with E-state index in [4.69, 9.17) is 0 Å². The smallest absolute Gasteiger partial charge is 0.315 e. The van der Waals surface area contributed by atoms with Crippen molar-refractivity contribution in [3.63, 3.8) is 0 Å². The van der Waals surface area contributed by atoms with E-state index in [9.17, 15) is 29.1 Å². The summed E-state index contributed by atoms with van der Waals surface area (Å²) >= 11 is 3.79. The number of hydrogen-bond donors (Lipinski definition) is 6. The van der Waals surface area contributed by atoms with Gasteiger partial charge in [-0.05, 0) is 80.4 Å². The summed E-state index contributed by atoms with van der Waals surface area (Å²) in [6.07, 6.45) is 8.73. The van der Waals surface area contributed by atoms with Crippen LogP contribution in [0.5, 0.6) is 5.75 Å². The first-order valence-electron chi connectivity index (χ1n) is 17.8. The number of thiol groups is 1. The first-order valence-corrected chi connectivity index (χ1v) is 18.5. The van der Waals surface area contributed by atoms with E-state index in [0.29, 0.717) is 32.2 Å². The molecule has 12 heteroatoms. The molecule has 1 aliphatic heterocycles. The second-order valence-electron chi connectivity index (χ2n) is 14.3. The van der Waals surface area contributed by atoms with Crippen molar-refractivity contribution in [1.29, 1.82) is 0 Å². The molecule has 0 radical (unpaired) electrons. The Morgan fingerprint density at radius 2 is 1.63 bits per heavy atom. The van der Waals surface area contributed by atoms with E-state index < -0.39 is 46.8 Å². The summed E-state index contributed by atoms with van der Waals surface area (Å²) in [5.41, 5.74) is 4.38. The molecule has 1 aliphatic carbocycles. The van der Waals surface area contributed by atoms with Crippen LogP contribution in [0.1, 0.15) is 111 Å². The number of nitrogens with two attached hydrogens (primary N) is 1. The number of phenols is 1. The zero-order chi connectivity index (χ0) is 37.2. The van der Waals surface area contributed by atoms with E-state index in [1.807, 2.05) is 53.7 Å². The number of rotatable bonds is 13. The molecule has 278 valence electrons. The molecule has 6 N–H and O–H groups in total. The lowest BCUT2D eigenvalue weighted by molar-refractivity contribution is -0.142. The monoisotopic (exact) mass is 705 g/mol. The number of aromatic hydroxyl groups is 1. The van der Waals surface area contributed by atoms with E-state index in [2.05, 4.69) is 34.3 Å². The largest absolute Gasteiger partial charge is 0.508 e. The number of likely N-dealkylation sites (tertiary alicyclic amines) is 1. The molecule has 4 unspecified atom stereocenters. The van der Waals surface area contributed by atoms with Crippen molar-refractivity contribution in [2.75, 3.05) is 19.3 Å². The molecule has 1 aromatic rings. The topological polar surface area (TPSA) is 171 Å². The molecule has 2 aliphatic rings. The van der Waals surface area contributed by atoms with E-state index in [0.717, 1.165) is 56.3 Å². The SMILES string of the molecule is CCCC(C)CC(NC(=O)C1CCCN1C(=O)C(NC(=O)NC1(Cc2ccc(O)cc2)CCCCC1)C(C)(C)C)C(=O)C=O.CCS.CN. The summed E-state index contributed by atoms with van der Waals surface area (Å²) in [6, 6.07) is 3.97. The predicted octanol–water partition coefficient (Wildman–Crippen LogP) is 4.93. The molecule has 0 bridgehead atoms. The highest BCUT2D eigenvalue weighted by Gasteiger charge is 2.43. The van der Waals surface area contributed by atoms with Crippen molar-refractivity contribution in [3.05, 3.63) is 29.8 Å². The van der Waals surface area contributed by atoms with Crippen LogP contribution < -0.4 is 21.7 Å². The van der Waals surface area contributed by atoms with Crippen molar-refractivity contribution in [2.24, 2.45) is 17.1 Å². The lowest BCUT2D eigenvalue weighted by atomic mass is 9.77. The maximum atomic E-state index is 14.0. The number of ketones is 1. The normalized spacial score (nSPS) is 18.6. The lowest BCUT2D eigenvalue weighted by Crippen LogP contribution is -2.62. The Labute approximate surface area is 299 Å². The third-order valence-electron chi connectivity index (χ3n) is 9.09. The molecule has 4 amide bonds. The summed E-state index contributed by atoms with van der Waals surface area (Å²) in [5.74, 6) is -0.197. The maximum absolute atomic E-state index is 14.0. The quantitative estimate of drug-likeness (QED) is 0.0960. The highest BCUT2D eigenvalue weighted by molar-refractivity contribution is 7.80. The number of phenolic OH excluding ortho intramolecular Hbond substituents is 1. The third kappa shape index (κ3) is 14.3. The number of carbonyl (C=O) groups is 5. The fourth-order valence-electron chi connectivity index (χ4n) is 6.71. The average Bonchev–Trinajstić information content (AvgIpc) is 3.55. The molecule has 49 heavy (non-hydrogen) atoms. The molecule has 1 aromatic carbocycles. The first kappa shape index (κ1) is 43.9. The summed E-state index contributed by atoms with van der Waals surface area (Å²) in [6.45, 7) is 12.0. The van der Waals surface area contributed by atoms with Crippen LogP contribution in [0.25, 0.3) is 0 Å². The molecule has 0 spiro atoms. The van der Waals surface area contributed by atoms with Gasteiger partial charge in [-0.25, -0.2) is 4.79 Å². The van der Waals surface area contributed by atoms with Crippen LogP contribution in [-0.2, 0) is 25.6 Å². The average molecular weight is 706 g/mol. The maximum Gasteiger partial charge on any atom is 0.315 e. The Bertz CT molecular complexity index is 1180. The summed E-state index contributed by atoms with van der Waals surface area (Å²) < 4.78 is 0. The number of hydrogen-bond acceptors (Lipinski definition) is 8. The van der Waals surface area contributed by atoms with Gasteiger partial charge in [-0.3, -0.25) is 19.2 Å². The van der Waals surface area contributed by atoms with Crippen molar-refractivity contribution in [1.82, 2.24) is 20.9 Å². The van der Waals surface area contributed by atoms with Gasteiger partial charge in [-0.15, -0.1) is 0 Å². The van der Waals surface area contributed by atoms with Crippen molar-refractivity contribution < 1.29 is 29.1 Å². The molecule has 2 fully saturated rings. The van der Waals surface area contributed by atoms with Gasteiger partial charge in [0.2, 0.25) is 17.6 Å². The molecule has 3 rings (SSSR count). The molecular weight excluding hydrogens is 643 g/mol. The number of nitrogens with zero attached hydrogens (tertiary/aromatic N) is 1. The number of carbonyl (C=O) groups excluding carboxylic acids is 5. The van der Waals surface area contributed by atoms with Crippen LogP contribution in [0.4, 0.5) is 4.79 Å². The molecule has 1 saturated heterocycles. The molecule has 0 aromatic heterocycles. The Morgan fingerprint density at radius 1 is 1.04 bits per heavy atom. The van der Waals surface area contributed by atoms with E-state index in [-0.39, 0.29) is 23.9 Å². The van der Waals surface area contributed by atoms with Gasteiger partial charge in [0.25, 0.3) is 0 Å². The molecular formula is C37H63N5O6S. The fraction of sp³-hybridized carbons (Fsp3) is 0.703. The second-order valence-corrected chi connectivity index (χ2v) is 14.9. The number of urea groups is 1. The van der Waals surface area contributed by atoms with Gasteiger partial charge in [0.15, 0.2) is 6.29 Å². The minimum absolute atomic E-state index is 0.144. The summed E-state index contributed by atoms with van der Waals surface area (Å²) in [7, 11) is 1.50. The van der Waals surface area contributed by atoms with Gasteiger partial charge >= 0.3 is 6.03 Å².